The van der Waals surface area contributed by atoms with E-state index in [1.165, 1.54) is 45.6 Å². The zero-order valence-electron chi connectivity index (χ0n) is 10.1. The van der Waals surface area contributed by atoms with Gasteiger partial charge < -0.3 is 4.74 Å². The highest BCUT2D eigenvalue weighted by Gasteiger charge is 1.93. The Balaban J connectivity index is 3.13. The fourth-order valence-corrected chi connectivity index (χ4v) is 1.42. The molecule has 0 bridgehead atoms. The fraction of sp³-hybridized carbons (Fsp3) is 0.769. The van der Waals surface area contributed by atoms with E-state index in [0.717, 1.165) is 6.42 Å². The molecule has 0 aromatic carbocycles. The lowest BCUT2D eigenvalue weighted by Crippen LogP contribution is -1.96. The standard InChI is InChI=1S/C13H24O2/c1-3-4-5-6-7-8-9-10-11-12-13(14)15-2/h10-11H,3-9,12H2,1-2H3/b11-10-. The summed E-state index contributed by atoms with van der Waals surface area (Å²) in [5.74, 6) is -0.158. The quantitative estimate of drug-likeness (QED) is 0.329. The molecule has 0 atom stereocenters. The number of unbranched alkanes of at least 4 members (excludes halogenated alkanes) is 6. The molecule has 0 heterocycles. The molecule has 15 heavy (non-hydrogen) atoms. The molecule has 0 radical (unpaired) electrons. The van der Waals surface area contributed by atoms with Crippen LogP contribution in [-0.4, -0.2) is 13.1 Å². The van der Waals surface area contributed by atoms with Crippen LogP contribution in [0.15, 0.2) is 12.2 Å². The van der Waals surface area contributed by atoms with Crippen molar-refractivity contribution in [1.29, 1.82) is 0 Å². The molecule has 0 fully saturated rings. The van der Waals surface area contributed by atoms with E-state index in [1.54, 1.807) is 0 Å². The zero-order valence-corrected chi connectivity index (χ0v) is 10.1. The summed E-state index contributed by atoms with van der Waals surface area (Å²) in [6.45, 7) is 2.23. The van der Waals surface area contributed by atoms with Gasteiger partial charge in [-0.2, -0.15) is 0 Å². The molecule has 0 aliphatic carbocycles. The van der Waals surface area contributed by atoms with Crippen LogP contribution in [0.4, 0.5) is 0 Å². The van der Waals surface area contributed by atoms with Crippen LogP contribution in [0.1, 0.15) is 58.3 Å². The van der Waals surface area contributed by atoms with Gasteiger partial charge >= 0.3 is 5.97 Å². The monoisotopic (exact) mass is 212 g/mol. The molecule has 0 unspecified atom stereocenters. The maximum atomic E-state index is 10.7. The molecule has 88 valence electrons. The molecule has 0 aliphatic rings. The zero-order chi connectivity index (χ0) is 11.4. The van der Waals surface area contributed by atoms with Crippen molar-refractivity contribution in [3.8, 4) is 0 Å². The topological polar surface area (TPSA) is 26.3 Å². The third kappa shape index (κ3) is 11.1. The van der Waals surface area contributed by atoms with Gasteiger partial charge in [0.2, 0.25) is 0 Å². The summed E-state index contributed by atoms with van der Waals surface area (Å²) >= 11 is 0. The molecule has 0 aromatic rings. The van der Waals surface area contributed by atoms with Crippen molar-refractivity contribution < 1.29 is 9.53 Å². The number of esters is 1. The number of ether oxygens (including phenoxy) is 1. The second-order valence-electron chi connectivity index (χ2n) is 3.81. The van der Waals surface area contributed by atoms with Crippen molar-refractivity contribution in [2.75, 3.05) is 7.11 Å². The molecule has 0 spiro atoms. The lowest BCUT2D eigenvalue weighted by molar-refractivity contribution is -0.139. The molecule has 0 amide bonds. The fourth-order valence-electron chi connectivity index (χ4n) is 1.42. The number of carbonyl (C=O) groups excluding carboxylic acids is 1. The Morgan fingerprint density at radius 3 is 2.40 bits per heavy atom. The highest BCUT2D eigenvalue weighted by molar-refractivity contribution is 5.70. The molecule has 2 heteroatoms. The maximum Gasteiger partial charge on any atom is 0.309 e. The minimum atomic E-state index is -0.158. The number of rotatable bonds is 9. The van der Waals surface area contributed by atoms with Crippen LogP contribution < -0.4 is 0 Å². The lowest BCUT2D eigenvalue weighted by Gasteiger charge is -1.97. The molecule has 0 saturated heterocycles. The third-order valence-corrected chi connectivity index (χ3v) is 2.40. The Morgan fingerprint density at radius 1 is 1.07 bits per heavy atom. The molecule has 2 nitrogen and oxygen atoms in total. The second kappa shape index (κ2) is 11.3. The van der Waals surface area contributed by atoms with E-state index in [2.05, 4.69) is 17.7 Å². The molecule has 0 saturated carbocycles. The van der Waals surface area contributed by atoms with Crippen LogP contribution in [0, 0.1) is 0 Å². The van der Waals surface area contributed by atoms with Gasteiger partial charge in [-0.25, -0.2) is 0 Å². The predicted octanol–water partition coefficient (Wildman–Crippen LogP) is 3.86. The normalized spacial score (nSPS) is 10.8. The van der Waals surface area contributed by atoms with Crippen molar-refractivity contribution in [3.05, 3.63) is 12.2 Å². The Bertz CT molecular complexity index is 173. The Kier molecular flexibility index (Phi) is 10.7. The van der Waals surface area contributed by atoms with Crippen molar-refractivity contribution in [3.63, 3.8) is 0 Å². The highest BCUT2D eigenvalue weighted by Crippen LogP contribution is 2.07. The molecule has 0 aliphatic heterocycles. The van der Waals surface area contributed by atoms with Gasteiger partial charge in [0, 0.05) is 0 Å². The minimum absolute atomic E-state index is 0.158. The third-order valence-electron chi connectivity index (χ3n) is 2.40. The Morgan fingerprint density at radius 2 is 1.73 bits per heavy atom. The van der Waals surface area contributed by atoms with Crippen LogP contribution in [0.2, 0.25) is 0 Å². The Labute approximate surface area is 93.7 Å². The lowest BCUT2D eigenvalue weighted by atomic mass is 10.1. The van der Waals surface area contributed by atoms with Crippen LogP contribution in [0.5, 0.6) is 0 Å². The number of carbonyl (C=O) groups is 1. The number of hydrogen-bond acceptors (Lipinski definition) is 2. The average molecular weight is 212 g/mol. The summed E-state index contributed by atoms with van der Waals surface area (Å²) in [5, 5.41) is 0. The summed E-state index contributed by atoms with van der Waals surface area (Å²) < 4.78 is 4.53. The molecule has 0 rings (SSSR count). The van der Waals surface area contributed by atoms with Gasteiger partial charge in [0.1, 0.15) is 0 Å². The van der Waals surface area contributed by atoms with Gasteiger partial charge in [-0.1, -0.05) is 51.2 Å². The smallest absolute Gasteiger partial charge is 0.309 e. The Hall–Kier alpha value is -0.790. The first-order valence-corrected chi connectivity index (χ1v) is 6.03. The van der Waals surface area contributed by atoms with Gasteiger partial charge in [-0.3, -0.25) is 4.79 Å². The first-order valence-electron chi connectivity index (χ1n) is 6.03. The first-order chi connectivity index (χ1) is 7.31. The maximum absolute atomic E-state index is 10.7. The van der Waals surface area contributed by atoms with E-state index >= 15 is 0 Å². The molecular weight excluding hydrogens is 188 g/mol. The summed E-state index contributed by atoms with van der Waals surface area (Å²) in [7, 11) is 1.42. The van der Waals surface area contributed by atoms with E-state index in [-0.39, 0.29) is 5.97 Å². The first kappa shape index (κ1) is 14.2. The minimum Gasteiger partial charge on any atom is -0.469 e. The van der Waals surface area contributed by atoms with Gasteiger partial charge in [0.25, 0.3) is 0 Å². The van der Waals surface area contributed by atoms with Crippen molar-refractivity contribution in [1.82, 2.24) is 0 Å². The highest BCUT2D eigenvalue weighted by atomic mass is 16.5. The van der Waals surface area contributed by atoms with Crippen LogP contribution in [0.3, 0.4) is 0 Å². The van der Waals surface area contributed by atoms with Gasteiger partial charge in [0.15, 0.2) is 0 Å². The molecule has 0 N–H and O–H groups in total. The van der Waals surface area contributed by atoms with Crippen LogP contribution in [-0.2, 0) is 9.53 Å². The second-order valence-corrected chi connectivity index (χ2v) is 3.81. The van der Waals surface area contributed by atoms with E-state index in [0.29, 0.717) is 6.42 Å². The summed E-state index contributed by atoms with van der Waals surface area (Å²) in [6.07, 6.45) is 13.4. The number of allylic oxidation sites excluding steroid dienone is 1. The average Bonchev–Trinajstić information content (AvgIpc) is 2.26. The molecule has 0 aromatic heterocycles. The van der Waals surface area contributed by atoms with E-state index in [9.17, 15) is 4.79 Å². The summed E-state index contributed by atoms with van der Waals surface area (Å²) in [6, 6.07) is 0. The predicted molar refractivity (Wildman–Crippen MR) is 63.8 cm³/mol. The van der Waals surface area contributed by atoms with Crippen LogP contribution >= 0.6 is 0 Å². The number of hydrogen-bond donors (Lipinski definition) is 0. The van der Waals surface area contributed by atoms with E-state index in [1.807, 2.05) is 6.08 Å². The van der Waals surface area contributed by atoms with Crippen molar-refractivity contribution in [2.45, 2.75) is 58.3 Å². The van der Waals surface area contributed by atoms with E-state index in [4.69, 9.17) is 0 Å². The SMILES string of the molecule is CCCCCCCC/C=C\CC(=O)OC. The molecular formula is C13H24O2. The number of methoxy groups -OCH3 is 1. The van der Waals surface area contributed by atoms with Crippen molar-refractivity contribution in [2.24, 2.45) is 0 Å². The van der Waals surface area contributed by atoms with Crippen molar-refractivity contribution >= 4 is 5.97 Å². The van der Waals surface area contributed by atoms with Crippen LogP contribution in [0.25, 0.3) is 0 Å². The van der Waals surface area contributed by atoms with Gasteiger partial charge in [-0.05, 0) is 12.8 Å². The van der Waals surface area contributed by atoms with E-state index < -0.39 is 0 Å². The van der Waals surface area contributed by atoms with Gasteiger partial charge in [-0.15, -0.1) is 0 Å². The van der Waals surface area contributed by atoms with Gasteiger partial charge in [0.05, 0.1) is 13.5 Å². The largest absolute Gasteiger partial charge is 0.469 e. The summed E-state index contributed by atoms with van der Waals surface area (Å²) in [5.41, 5.74) is 0. The summed E-state index contributed by atoms with van der Waals surface area (Å²) in [4.78, 5) is 10.7.